The second-order valence-corrected chi connectivity index (χ2v) is 6.85. The number of hydrogen-bond acceptors (Lipinski definition) is 3. The normalized spacial score (nSPS) is 14.9. The highest BCUT2D eigenvalue weighted by molar-refractivity contribution is 6.30. The van der Waals surface area contributed by atoms with E-state index >= 15 is 0 Å². The number of rotatable bonds is 6. The summed E-state index contributed by atoms with van der Waals surface area (Å²) in [6.45, 7) is 4.05. The van der Waals surface area contributed by atoms with Crippen molar-refractivity contribution in [2.45, 2.75) is 32.3 Å². The first-order chi connectivity index (χ1) is 12.6. The molecule has 0 aliphatic carbocycles. The highest BCUT2D eigenvalue weighted by Crippen LogP contribution is 2.22. The van der Waals surface area contributed by atoms with Gasteiger partial charge in [0.2, 0.25) is 5.91 Å². The Labute approximate surface area is 159 Å². The fourth-order valence-electron chi connectivity index (χ4n) is 3.11. The number of halogens is 1. The maximum absolute atomic E-state index is 12.5. The number of nitrogens with zero attached hydrogens (tertiary/aromatic N) is 1. The first-order valence-corrected chi connectivity index (χ1v) is 9.43. The lowest BCUT2D eigenvalue weighted by Gasteiger charge is -2.32. The van der Waals surface area contributed by atoms with Crippen molar-refractivity contribution in [3.8, 4) is 11.5 Å². The summed E-state index contributed by atoms with van der Waals surface area (Å²) < 4.78 is 11.4. The standard InChI is InChI=1S/C21H24ClNO3/c1-2-25-18-8-6-16(7-9-18)14-21(24)23-12-10-19(11-13-23)26-20-5-3-4-17(22)15-20/h3-9,15,19H,2,10-14H2,1H3. The average Bonchev–Trinajstić information content (AvgIpc) is 2.64. The molecule has 0 saturated carbocycles. The van der Waals surface area contributed by atoms with Crippen LogP contribution in [0.4, 0.5) is 0 Å². The third-order valence-corrected chi connectivity index (χ3v) is 4.72. The van der Waals surface area contributed by atoms with Crippen molar-refractivity contribution in [1.82, 2.24) is 4.90 Å². The minimum absolute atomic E-state index is 0.128. The van der Waals surface area contributed by atoms with Crippen molar-refractivity contribution < 1.29 is 14.3 Å². The minimum atomic E-state index is 0.128. The second kappa shape index (κ2) is 8.95. The molecule has 4 nitrogen and oxygen atoms in total. The monoisotopic (exact) mass is 373 g/mol. The summed E-state index contributed by atoms with van der Waals surface area (Å²) in [6, 6.07) is 15.2. The SMILES string of the molecule is CCOc1ccc(CC(=O)N2CCC(Oc3cccc(Cl)c3)CC2)cc1. The van der Waals surface area contributed by atoms with Crippen LogP contribution in [0, 0.1) is 0 Å². The van der Waals surface area contributed by atoms with Crippen LogP contribution in [0.5, 0.6) is 11.5 Å². The van der Waals surface area contributed by atoms with Gasteiger partial charge in [0.25, 0.3) is 0 Å². The number of hydrogen-bond donors (Lipinski definition) is 0. The molecule has 0 bridgehead atoms. The van der Waals surface area contributed by atoms with Crippen LogP contribution in [0.25, 0.3) is 0 Å². The van der Waals surface area contributed by atoms with Crippen molar-refractivity contribution in [2.24, 2.45) is 0 Å². The zero-order valence-corrected chi connectivity index (χ0v) is 15.7. The summed E-state index contributed by atoms with van der Waals surface area (Å²) in [6.07, 6.45) is 2.22. The highest BCUT2D eigenvalue weighted by atomic mass is 35.5. The zero-order valence-electron chi connectivity index (χ0n) is 15.0. The maximum Gasteiger partial charge on any atom is 0.226 e. The van der Waals surface area contributed by atoms with Gasteiger partial charge in [0, 0.05) is 31.0 Å². The van der Waals surface area contributed by atoms with Gasteiger partial charge in [0.05, 0.1) is 13.0 Å². The van der Waals surface area contributed by atoms with Crippen LogP contribution in [0.2, 0.25) is 5.02 Å². The van der Waals surface area contributed by atoms with Gasteiger partial charge < -0.3 is 14.4 Å². The van der Waals surface area contributed by atoms with Crippen molar-refractivity contribution in [3.05, 3.63) is 59.1 Å². The van der Waals surface area contributed by atoms with Gasteiger partial charge in [-0.1, -0.05) is 29.8 Å². The van der Waals surface area contributed by atoms with E-state index in [2.05, 4.69) is 0 Å². The Balaban J connectivity index is 1.47. The highest BCUT2D eigenvalue weighted by Gasteiger charge is 2.24. The van der Waals surface area contributed by atoms with Gasteiger partial charge in [-0.2, -0.15) is 0 Å². The van der Waals surface area contributed by atoms with E-state index in [9.17, 15) is 4.79 Å². The number of carbonyl (C=O) groups is 1. The van der Waals surface area contributed by atoms with Crippen molar-refractivity contribution >= 4 is 17.5 Å². The lowest BCUT2D eigenvalue weighted by atomic mass is 10.1. The van der Waals surface area contributed by atoms with Gasteiger partial charge in [-0.3, -0.25) is 4.79 Å². The van der Waals surface area contributed by atoms with Crippen LogP contribution >= 0.6 is 11.6 Å². The Morgan fingerprint density at radius 1 is 1.12 bits per heavy atom. The summed E-state index contributed by atoms with van der Waals surface area (Å²) in [5, 5.41) is 0.672. The number of piperidine rings is 1. The molecule has 1 aliphatic heterocycles. The van der Waals surface area contributed by atoms with Gasteiger partial charge in [-0.15, -0.1) is 0 Å². The molecule has 0 atom stereocenters. The predicted octanol–water partition coefficient (Wildman–Crippen LogP) is 4.35. The van der Waals surface area contributed by atoms with Crippen LogP contribution in [-0.2, 0) is 11.2 Å². The number of benzene rings is 2. The van der Waals surface area contributed by atoms with Crippen LogP contribution in [0.15, 0.2) is 48.5 Å². The lowest BCUT2D eigenvalue weighted by molar-refractivity contribution is -0.132. The third-order valence-electron chi connectivity index (χ3n) is 4.48. The Hall–Kier alpha value is -2.20. The molecule has 1 fully saturated rings. The van der Waals surface area contributed by atoms with Gasteiger partial charge in [0.15, 0.2) is 0 Å². The first-order valence-electron chi connectivity index (χ1n) is 9.06. The molecule has 1 saturated heterocycles. The van der Waals surface area contributed by atoms with Gasteiger partial charge >= 0.3 is 0 Å². The van der Waals surface area contributed by atoms with Gasteiger partial charge in [0.1, 0.15) is 17.6 Å². The predicted molar refractivity (Wildman–Crippen MR) is 103 cm³/mol. The van der Waals surface area contributed by atoms with Crippen molar-refractivity contribution in [2.75, 3.05) is 19.7 Å². The Kier molecular flexibility index (Phi) is 6.40. The summed E-state index contributed by atoms with van der Waals surface area (Å²) in [5.74, 6) is 1.79. The number of carbonyl (C=O) groups excluding carboxylic acids is 1. The molecule has 2 aromatic rings. The molecular formula is C21H24ClNO3. The summed E-state index contributed by atoms with van der Waals surface area (Å²) in [4.78, 5) is 14.4. The van der Waals surface area contributed by atoms with Crippen molar-refractivity contribution in [3.63, 3.8) is 0 Å². The van der Waals surface area contributed by atoms with Gasteiger partial charge in [-0.25, -0.2) is 0 Å². The van der Waals surface area contributed by atoms with Crippen molar-refractivity contribution in [1.29, 1.82) is 0 Å². The first kappa shape index (κ1) is 18.6. The molecular weight excluding hydrogens is 350 g/mol. The van der Waals surface area contributed by atoms with E-state index < -0.39 is 0 Å². The molecule has 0 spiro atoms. The molecule has 2 aromatic carbocycles. The van der Waals surface area contributed by atoms with E-state index in [1.807, 2.05) is 60.4 Å². The number of ether oxygens (including phenoxy) is 2. The average molecular weight is 374 g/mol. The molecule has 5 heteroatoms. The van der Waals surface area contributed by atoms with E-state index in [0.717, 1.165) is 43.0 Å². The van der Waals surface area contributed by atoms with E-state index in [4.69, 9.17) is 21.1 Å². The Bertz CT molecular complexity index is 724. The molecule has 1 amide bonds. The van der Waals surface area contributed by atoms with Crippen LogP contribution in [-0.4, -0.2) is 36.6 Å². The summed E-state index contributed by atoms with van der Waals surface area (Å²) in [5.41, 5.74) is 1.01. The Morgan fingerprint density at radius 3 is 2.50 bits per heavy atom. The second-order valence-electron chi connectivity index (χ2n) is 6.41. The topological polar surface area (TPSA) is 38.8 Å². The van der Waals surface area contributed by atoms with E-state index in [1.54, 1.807) is 0 Å². The summed E-state index contributed by atoms with van der Waals surface area (Å²) in [7, 11) is 0. The van der Waals surface area contributed by atoms with E-state index in [1.165, 1.54) is 0 Å². The number of amides is 1. The molecule has 0 unspecified atom stereocenters. The zero-order chi connectivity index (χ0) is 18.4. The maximum atomic E-state index is 12.5. The van der Waals surface area contributed by atoms with Crippen LogP contribution in [0.3, 0.4) is 0 Å². The molecule has 138 valence electrons. The molecule has 26 heavy (non-hydrogen) atoms. The molecule has 1 aliphatic rings. The molecule has 0 N–H and O–H groups in total. The van der Waals surface area contributed by atoms with E-state index in [-0.39, 0.29) is 12.0 Å². The largest absolute Gasteiger partial charge is 0.494 e. The van der Waals surface area contributed by atoms with Crippen LogP contribution in [0.1, 0.15) is 25.3 Å². The molecule has 0 aromatic heterocycles. The Morgan fingerprint density at radius 2 is 1.85 bits per heavy atom. The molecule has 1 heterocycles. The summed E-state index contributed by atoms with van der Waals surface area (Å²) >= 11 is 5.99. The molecule has 0 radical (unpaired) electrons. The van der Waals surface area contributed by atoms with E-state index in [0.29, 0.717) is 18.1 Å². The van der Waals surface area contributed by atoms with Gasteiger partial charge in [-0.05, 0) is 42.8 Å². The fraction of sp³-hybridized carbons (Fsp3) is 0.381. The van der Waals surface area contributed by atoms with Crippen LogP contribution < -0.4 is 9.47 Å². The quantitative estimate of drug-likeness (QED) is 0.755. The third kappa shape index (κ3) is 5.15. The minimum Gasteiger partial charge on any atom is -0.494 e. The lowest BCUT2D eigenvalue weighted by Crippen LogP contribution is -2.42. The fourth-order valence-corrected chi connectivity index (χ4v) is 3.29. The smallest absolute Gasteiger partial charge is 0.226 e. The number of likely N-dealkylation sites (tertiary alicyclic amines) is 1. The molecule has 3 rings (SSSR count).